The molecule has 0 bridgehead atoms. The minimum absolute atomic E-state index is 0.711. The van der Waals surface area contributed by atoms with Gasteiger partial charge >= 0.3 is 0 Å². The largest absolute Gasteiger partial charge is 0.618 e. The molecule has 1 fully saturated rings. The topological polar surface area (TPSA) is 33.4 Å². The van der Waals surface area contributed by atoms with Crippen molar-refractivity contribution in [2.45, 2.75) is 0 Å². The Labute approximate surface area is 111 Å². The molecular weight excluding hydrogens is 250 g/mol. The van der Waals surface area contributed by atoms with Gasteiger partial charge in [0.05, 0.1) is 0 Å². The Bertz CT molecular complexity index is 567. The number of anilines is 1. The predicted octanol–water partition coefficient (Wildman–Crippen LogP) is 1.75. The van der Waals surface area contributed by atoms with Crippen molar-refractivity contribution >= 4 is 28.4 Å². The summed E-state index contributed by atoms with van der Waals surface area (Å²) in [5, 5.41) is 12.7. The maximum Gasteiger partial charge on any atom is 0.225 e. The first-order valence-electron chi connectivity index (χ1n) is 6.02. The summed E-state index contributed by atoms with van der Waals surface area (Å²) in [5.74, 6) is 0. The van der Waals surface area contributed by atoms with Crippen LogP contribution in [-0.4, -0.2) is 30.6 Å². The van der Waals surface area contributed by atoms with Crippen molar-refractivity contribution in [2.24, 2.45) is 0 Å². The summed E-state index contributed by atoms with van der Waals surface area (Å²) in [7, 11) is 0. The summed E-state index contributed by atoms with van der Waals surface area (Å²) in [4.78, 5) is 2.26. The van der Waals surface area contributed by atoms with E-state index in [9.17, 15) is 5.21 Å². The first-order valence-corrected chi connectivity index (χ1v) is 6.35. The number of piperazine rings is 1. The zero-order valence-corrected chi connectivity index (χ0v) is 10.7. The number of halogens is 1. The summed E-state index contributed by atoms with van der Waals surface area (Å²) >= 11 is 5.94. The number of fused-ring (bicyclic) bond motifs is 1. The standard InChI is InChI=1S/C13H14ClN3O/c14-16-8-6-15(7-9-16)12-4-3-11-2-1-5-17(18)13(11)10-12/h1-5,10H,6-9H2. The lowest BCUT2D eigenvalue weighted by Gasteiger charge is -2.32. The van der Waals surface area contributed by atoms with Crippen LogP contribution in [0, 0.1) is 5.21 Å². The molecule has 1 aliphatic rings. The highest BCUT2D eigenvalue weighted by Gasteiger charge is 2.16. The van der Waals surface area contributed by atoms with Crippen molar-refractivity contribution in [3.8, 4) is 0 Å². The number of aromatic nitrogens is 1. The van der Waals surface area contributed by atoms with E-state index in [0.717, 1.165) is 42.0 Å². The van der Waals surface area contributed by atoms with Crippen LogP contribution in [0.2, 0.25) is 0 Å². The third-order valence-corrected chi connectivity index (χ3v) is 3.68. The molecule has 0 unspecified atom stereocenters. The summed E-state index contributed by atoms with van der Waals surface area (Å²) < 4.78 is 2.71. The van der Waals surface area contributed by atoms with Gasteiger partial charge in [-0.15, -0.1) is 0 Å². The summed E-state index contributed by atoms with van der Waals surface area (Å²) in [6.45, 7) is 3.46. The monoisotopic (exact) mass is 263 g/mol. The molecule has 0 aliphatic carbocycles. The maximum absolute atomic E-state index is 11.7. The van der Waals surface area contributed by atoms with Gasteiger partial charge < -0.3 is 10.1 Å². The second-order valence-corrected chi connectivity index (χ2v) is 4.95. The first kappa shape index (κ1) is 11.6. The van der Waals surface area contributed by atoms with Crippen LogP contribution in [0.15, 0.2) is 36.5 Å². The molecular formula is C13H14ClN3O. The lowest BCUT2D eigenvalue weighted by molar-refractivity contribution is -0.576. The van der Waals surface area contributed by atoms with Crippen molar-refractivity contribution in [2.75, 3.05) is 31.1 Å². The van der Waals surface area contributed by atoms with Crippen molar-refractivity contribution < 1.29 is 4.73 Å². The number of benzene rings is 1. The fraction of sp³-hybridized carbons (Fsp3) is 0.308. The smallest absolute Gasteiger partial charge is 0.225 e. The molecule has 0 spiro atoms. The van der Waals surface area contributed by atoms with Crippen LogP contribution in [0.4, 0.5) is 5.69 Å². The minimum Gasteiger partial charge on any atom is -0.618 e. The van der Waals surface area contributed by atoms with E-state index >= 15 is 0 Å². The van der Waals surface area contributed by atoms with E-state index in [1.807, 2.05) is 18.2 Å². The molecule has 1 saturated heterocycles. The molecule has 1 aliphatic heterocycles. The van der Waals surface area contributed by atoms with Gasteiger partial charge in [0.1, 0.15) is 0 Å². The molecule has 94 valence electrons. The van der Waals surface area contributed by atoms with Crippen LogP contribution in [0.5, 0.6) is 0 Å². The molecule has 3 rings (SSSR count). The Kier molecular flexibility index (Phi) is 2.97. The van der Waals surface area contributed by atoms with Crippen LogP contribution < -0.4 is 9.63 Å². The molecule has 1 aromatic carbocycles. The number of hydrogen-bond donors (Lipinski definition) is 0. The van der Waals surface area contributed by atoms with Gasteiger partial charge in [-0.3, -0.25) is 0 Å². The summed E-state index contributed by atoms with van der Waals surface area (Å²) in [5.41, 5.74) is 1.80. The van der Waals surface area contributed by atoms with Gasteiger partial charge in [-0.05, 0) is 30.0 Å². The molecule has 0 amide bonds. The highest BCUT2D eigenvalue weighted by atomic mass is 35.5. The predicted molar refractivity (Wildman–Crippen MR) is 72.5 cm³/mol. The second-order valence-electron chi connectivity index (χ2n) is 4.47. The Hall–Kier alpha value is -1.52. The van der Waals surface area contributed by atoms with Gasteiger partial charge in [-0.2, -0.15) is 4.73 Å². The van der Waals surface area contributed by atoms with Crippen molar-refractivity contribution in [3.63, 3.8) is 0 Å². The highest BCUT2D eigenvalue weighted by Crippen LogP contribution is 2.21. The Morgan fingerprint density at radius 1 is 1.11 bits per heavy atom. The van der Waals surface area contributed by atoms with Gasteiger partial charge in [0.2, 0.25) is 5.52 Å². The van der Waals surface area contributed by atoms with E-state index in [1.54, 1.807) is 10.5 Å². The lowest BCUT2D eigenvalue weighted by Crippen LogP contribution is -2.42. The van der Waals surface area contributed by atoms with Gasteiger partial charge in [-0.25, -0.2) is 4.42 Å². The average Bonchev–Trinajstić information content (AvgIpc) is 2.40. The van der Waals surface area contributed by atoms with Crippen molar-refractivity contribution in [3.05, 3.63) is 41.7 Å². The maximum atomic E-state index is 11.7. The number of rotatable bonds is 1. The van der Waals surface area contributed by atoms with E-state index in [-0.39, 0.29) is 0 Å². The zero-order valence-electron chi connectivity index (χ0n) is 9.92. The third-order valence-electron chi connectivity index (χ3n) is 3.34. The molecule has 1 aromatic heterocycles. The molecule has 0 N–H and O–H groups in total. The Balaban J connectivity index is 1.95. The van der Waals surface area contributed by atoms with Crippen LogP contribution in [-0.2, 0) is 0 Å². The molecule has 18 heavy (non-hydrogen) atoms. The Morgan fingerprint density at radius 2 is 1.89 bits per heavy atom. The van der Waals surface area contributed by atoms with Gasteiger partial charge in [0, 0.05) is 49.4 Å². The number of nitrogens with zero attached hydrogens (tertiary/aromatic N) is 3. The molecule has 2 heterocycles. The molecule has 5 heteroatoms. The SMILES string of the molecule is [O-][n+]1cccc2ccc(N3CCN(Cl)CC3)cc21. The molecule has 0 atom stereocenters. The third kappa shape index (κ3) is 2.09. The fourth-order valence-corrected chi connectivity index (χ4v) is 2.46. The molecule has 0 saturated carbocycles. The van der Waals surface area contributed by atoms with Crippen LogP contribution in [0.1, 0.15) is 0 Å². The number of hydrogen-bond acceptors (Lipinski definition) is 3. The van der Waals surface area contributed by atoms with E-state index in [2.05, 4.69) is 11.0 Å². The van der Waals surface area contributed by atoms with E-state index in [4.69, 9.17) is 11.8 Å². The molecule has 4 nitrogen and oxygen atoms in total. The van der Waals surface area contributed by atoms with E-state index in [1.165, 1.54) is 6.20 Å². The minimum atomic E-state index is 0.711. The first-order chi connectivity index (χ1) is 8.74. The fourth-order valence-electron chi connectivity index (χ4n) is 2.31. The van der Waals surface area contributed by atoms with Gasteiger partial charge in [0.25, 0.3) is 0 Å². The Morgan fingerprint density at radius 3 is 2.67 bits per heavy atom. The lowest BCUT2D eigenvalue weighted by atomic mass is 10.2. The normalized spacial score (nSPS) is 17.3. The summed E-state index contributed by atoms with van der Waals surface area (Å²) in [6, 6.07) is 9.72. The van der Waals surface area contributed by atoms with Gasteiger partial charge in [0.15, 0.2) is 6.20 Å². The van der Waals surface area contributed by atoms with E-state index in [0.29, 0.717) is 5.52 Å². The van der Waals surface area contributed by atoms with Crippen LogP contribution in [0.25, 0.3) is 10.9 Å². The van der Waals surface area contributed by atoms with E-state index < -0.39 is 0 Å². The second kappa shape index (κ2) is 4.63. The highest BCUT2D eigenvalue weighted by molar-refractivity contribution is 6.13. The average molecular weight is 264 g/mol. The zero-order chi connectivity index (χ0) is 12.5. The summed E-state index contributed by atoms with van der Waals surface area (Å²) in [6.07, 6.45) is 1.53. The molecule has 2 aromatic rings. The van der Waals surface area contributed by atoms with Crippen molar-refractivity contribution in [1.29, 1.82) is 0 Å². The van der Waals surface area contributed by atoms with Crippen LogP contribution in [0.3, 0.4) is 0 Å². The molecule has 0 radical (unpaired) electrons. The van der Waals surface area contributed by atoms with Gasteiger partial charge in [-0.1, -0.05) is 0 Å². The van der Waals surface area contributed by atoms with Crippen molar-refractivity contribution in [1.82, 2.24) is 4.42 Å². The number of pyridine rings is 1. The quantitative estimate of drug-likeness (QED) is 0.447. The van der Waals surface area contributed by atoms with Crippen LogP contribution >= 0.6 is 11.8 Å².